The predicted molar refractivity (Wildman–Crippen MR) is 71.0 cm³/mol. The van der Waals surface area contributed by atoms with Crippen LogP contribution in [0.3, 0.4) is 0 Å². The molecule has 2 unspecified atom stereocenters. The fourth-order valence-corrected chi connectivity index (χ4v) is 4.11. The minimum atomic E-state index is -2.80. The molecule has 0 aromatic heterocycles. The van der Waals surface area contributed by atoms with Crippen molar-refractivity contribution in [2.45, 2.75) is 12.5 Å². The number of aliphatic hydroxyl groups excluding tert-OH is 1. The van der Waals surface area contributed by atoms with Crippen molar-refractivity contribution >= 4 is 9.84 Å². The average molecular weight is 269 g/mol. The van der Waals surface area contributed by atoms with Crippen molar-refractivity contribution < 1.29 is 13.5 Å². The summed E-state index contributed by atoms with van der Waals surface area (Å²) in [7, 11) is -2.80. The molecule has 0 bridgehead atoms. The lowest BCUT2D eigenvalue weighted by molar-refractivity contribution is 0.173. The van der Waals surface area contributed by atoms with Crippen molar-refractivity contribution in [2.24, 2.45) is 5.92 Å². The molecule has 1 saturated heterocycles. The Morgan fingerprint density at radius 1 is 1.33 bits per heavy atom. The van der Waals surface area contributed by atoms with E-state index in [-0.39, 0.29) is 11.7 Å². The number of hydrogen-bond donors (Lipinski definition) is 2. The molecular weight excluding hydrogens is 250 g/mol. The Bertz CT molecular complexity index is 472. The van der Waals surface area contributed by atoms with Gasteiger partial charge in [0.1, 0.15) is 0 Å². The van der Waals surface area contributed by atoms with Gasteiger partial charge < -0.3 is 10.4 Å². The van der Waals surface area contributed by atoms with Crippen LogP contribution in [0.4, 0.5) is 0 Å². The highest BCUT2D eigenvalue weighted by atomic mass is 32.2. The van der Waals surface area contributed by atoms with E-state index < -0.39 is 15.9 Å². The molecule has 1 aliphatic heterocycles. The maximum absolute atomic E-state index is 11.3. The number of nitrogens with one attached hydrogen (secondary N) is 1. The van der Waals surface area contributed by atoms with Gasteiger partial charge in [-0.05, 0) is 24.4 Å². The van der Waals surface area contributed by atoms with E-state index in [4.69, 9.17) is 0 Å². The smallest absolute Gasteiger partial charge is 0.150 e. The van der Waals surface area contributed by atoms with Crippen LogP contribution in [-0.2, 0) is 9.84 Å². The molecular formula is C13H19NO3S. The minimum Gasteiger partial charge on any atom is -0.387 e. The molecule has 1 fully saturated rings. The fourth-order valence-electron chi connectivity index (χ4n) is 2.25. The molecule has 4 nitrogen and oxygen atoms in total. The van der Waals surface area contributed by atoms with Crippen molar-refractivity contribution in [1.29, 1.82) is 0 Å². The molecule has 0 amide bonds. The Kier molecular flexibility index (Phi) is 4.37. The lowest BCUT2D eigenvalue weighted by Crippen LogP contribution is -2.28. The first-order valence-corrected chi connectivity index (χ1v) is 8.03. The second-order valence-corrected chi connectivity index (χ2v) is 7.08. The SMILES string of the molecule is O=S1(=O)CCC(CNCC(O)c2ccccc2)C1. The van der Waals surface area contributed by atoms with E-state index in [0.717, 1.165) is 12.0 Å². The van der Waals surface area contributed by atoms with Crippen LogP contribution in [0, 0.1) is 5.92 Å². The lowest BCUT2D eigenvalue weighted by Gasteiger charge is -2.14. The van der Waals surface area contributed by atoms with Crippen LogP contribution in [0.1, 0.15) is 18.1 Å². The van der Waals surface area contributed by atoms with Crippen molar-refractivity contribution in [3.05, 3.63) is 35.9 Å². The van der Waals surface area contributed by atoms with Crippen molar-refractivity contribution in [3.63, 3.8) is 0 Å². The van der Waals surface area contributed by atoms with Crippen LogP contribution >= 0.6 is 0 Å². The van der Waals surface area contributed by atoms with Gasteiger partial charge in [-0.15, -0.1) is 0 Å². The molecule has 18 heavy (non-hydrogen) atoms. The van der Waals surface area contributed by atoms with Gasteiger partial charge in [-0.1, -0.05) is 30.3 Å². The molecule has 100 valence electrons. The van der Waals surface area contributed by atoms with Crippen LogP contribution in [0.5, 0.6) is 0 Å². The number of sulfone groups is 1. The topological polar surface area (TPSA) is 66.4 Å². The number of benzene rings is 1. The Morgan fingerprint density at radius 2 is 2.06 bits per heavy atom. The zero-order valence-electron chi connectivity index (χ0n) is 10.2. The second-order valence-electron chi connectivity index (χ2n) is 4.85. The van der Waals surface area contributed by atoms with Gasteiger partial charge in [0, 0.05) is 6.54 Å². The summed E-state index contributed by atoms with van der Waals surface area (Å²) in [6.07, 6.45) is 0.195. The Hall–Kier alpha value is -0.910. The van der Waals surface area contributed by atoms with E-state index in [1.807, 2.05) is 30.3 Å². The molecule has 2 rings (SSSR count). The van der Waals surface area contributed by atoms with Gasteiger partial charge in [0.25, 0.3) is 0 Å². The number of hydrogen-bond acceptors (Lipinski definition) is 4. The molecule has 1 aromatic rings. The summed E-state index contributed by atoms with van der Waals surface area (Å²) < 4.78 is 22.6. The van der Waals surface area contributed by atoms with E-state index in [2.05, 4.69) is 5.32 Å². The molecule has 1 aromatic carbocycles. The van der Waals surface area contributed by atoms with Gasteiger partial charge in [-0.3, -0.25) is 0 Å². The van der Waals surface area contributed by atoms with Gasteiger partial charge in [-0.2, -0.15) is 0 Å². The number of aliphatic hydroxyl groups is 1. The maximum Gasteiger partial charge on any atom is 0.150 e. The largest absolute Gasteiger partial charge is 0.387 e. The third kappa shape index (κ3) is 3.80. The van der Waals surface area contributed by atoms with Gasteiger partial charge in [0.2, 0.25) is 0 Å². The zero-order valence-corrected chi connectivity index (χ0v) is 11.1. The summed E-state index contributed by atoms with van der Waals surface area (Å²) in [4.78, 5) is 0. The van der Waals surface area contributed by atoms with E-state index in [1.165, 1.54) is 0 Å². The van der Waals surface area contributed by atoms with E-state index in [0.29, 0.717) is 18.8 Å². The summed E-state index contributed by atoms with van der Waals surface area (Å²) in [6.45, 7) is 1.11. The van der Waals surface area contributed by atoms with E-state index in [1.54, 1.807) is 0 Å². The summed E-state index contributed by atoms with van der Waals surface area (Å²) in [5.74, 6) is 0.778. The maximum atomic E-state index is 11.3. The Morgan fingerprint density at radius 3 is 2.67 bits per heavy atom. The first kappa shape index (κ1) is 13.5. The monoisotopic (exact) mass is 269 g/mol. The molecule has 1 aliphatic rings. The number of rotatable bonds is 5. The molecule has 5 heteroatoms. The standard InChI is InChI=1S/C13H19NO3S/c15-13(12-4-2-1-3-5-12)9-14-8-11-6-7-18(16,17)10-11/h1-5,11,13-15H,6-10H2. The predicted octanol–water partition coefficient (Wildman–Crippen LogP) is 0.744. The summed E-state index contributed by atoms with van der Waals surface area (Å²) >= 11 is 0. The van der Waals surface area contributed by atoms with Crippen LogP contribution in [0.25, 0.3) is 0 Å². The molecule has 0 spiro atoms. The van der Waals surface area contributed by atoms with Crippen LogP contribution < -0.4 is 5.32 Å². The van der Waals surface area contributed by atoms with E-state index in [9.17, 15) is 13.5 Å². The van der Waals surface area contributed by atoms with Crippen LogP contribution in [0.2, 0.25) is 0 Å². The first-order valence-electron chi connectivity index (χ1n) is 6.21. The van der Waals surface area contributed by atoms with Gasteiger partial charge >= 0.3 is 0 Å². The van der Waals surface area contributed by atoms with Gasteiger partial charge in [0.05, 0.1) is 17.6 Å². The summed E-state index contributed by atoms with van der Waals surface area (Å²) in [6, 6.07) is 9.45. The Balaban J connectivity index is 1.73. The van der Waals surface area contributed by atoms with Gasteiger partial charge in [-0.25, -0.2) is 8.42 Å². The second kappa shape index (κ2) is 5.82. The van der Waals surface area contributed by atoms with Crippen LogP contribution in [-0.4, -0.2) is 38.1 Å². The highest BCUT2D eigenvalue weighted by Crippen LogP contribution is 2.17. The quantitative estimate of drug-likeness (QED) is 0.827. The highest BCUT2D eigenvalue weighted by Gasteiger charge is 2.27. The third-order valence-electron chi connectivity index (χ3n) is 3.28. The van der Waals surface area contributed by atoms with Gasteiger partial charge in [0.15, 0.2) is 9.84 Å². The van der Waals surface area contributed by atoms with Crippen molar-refractivity contribution in [3.8, 4) is 0 Å². The molecule has 1 heterocycles. The lowest BCUT2D eigenvalue weighted by atomic mass is 10.1. The normalized spacial score (nSPS) is 23.9. The summed E-state index contributed by atoms with van der Waals surface area (Å²) in [5.41, 5.74) is 0.879. The summed E-state index contributed by atoms with van der Waals surface area (Å²) in [5, 5.41) is 13.1. The average Bonchev–Trinajstić information content (AvgIpc) is 2.70. The zero-order chi connectivity index (χ0) is 13.0. The van der Waals surface area contributed by atoms with Crippen molar-refractivity contribution in [1.82, 2.24) is 5.32 Å². The molecule has 0 saturated carbocycles. The highest BCUT2D eigenvalue weighted by molar-refractivity contribution is 7.91. The van der Waals surface area contributed by atoms with Crippen LogP contribution in [0.15, 0.2) is 30.3 Å². The minimum absolute atomic E-state index is 0.193. The molecule has 0 radical (unpaired) electrons. The third-order valence-corrected chi connectivity index (χ3v) is 5.12. The first-order chi connectivity index (χ1) is 8.57. The fraction of sp³-hybridized carbons (Fsp3) is 0.538. The molecule has 2 atom stereocenters. The Labute approximate surface area is 108 Å². The molecule has 0 aliphatic carbocycles. The van der Waals surface area contributed by atoms with E-state index >= 15 is 0 Å². The molecule has 2 N–H and O–H groups in total. The van der Waals surface area contributed by atoms with Crippen molar-refractivity contribution in [2.75, 3.05) is 24.6 Å².